The van der Waals surface area contributed by atoms with E-state index >= 15 is 0 Å². The number of fused-ring (bicyclic) bond motifs is 2. The van der Waals surface area contributed by atoms with Crippen LogP contribution in [-0.2, 0) is 13.0 Å². The van der Waals surface area contributed by atoms with Crippen LogP contribution in [-0.4, -0.2) is 25.7 Å². The predicted octanol–water partition coefficient (Wildman–Crippen LogP) is 4.06. The number of nitrogens with zero attached hydrogens (tertiary/aromatic N) is 2. The van der Waals surface area contributed by atoms with Gasteiger partial charge in [-0.25, -0.2) is 0 Å². The van der Waals surface area contributed by atoms with Crippen molar-refractivity contribution in [3.63, 3.8) is 0 Å². The van der Waals surface area contributed by atoms with Crippen LogP contribution in [0, 0.1) is 0 Å². The van der Waals surface area contributed by atoms with Gasteiger partial charge in [0, 0.05) is 18.1 Å². The third-order valence-corrected chi connectivity index (χ3v) is 4.56. The number of methoxy groups -OCH3 is 2. The Kier molecular flexibility index (Phi) is 3.73. The molecular formula is C18H17ClN2O3. The summed E-state index contributed by atoms with van der Waals surface area (Å²) in [6, 6.07) is 10.2. The van der Waals surface area contributed by atoms with Crippen molar-refractivity contribution in [2.45, 2.75) is 13.0 Å². The number of rotatable bonds is 3. The van der Waals surface area contributed by atoms with Gasteiger partial charge in [0.1, 0.15) is 5.52 Å². The van der Waals surface area contributed by atoms with Crippen LogP contribution >= 0.6 is 11.6 Å². The van der Waals surface area contributed by atoms with E-state index in [0.29, 0.717) is 11.0 Å². The molecule has 0 aliphatic carbocycles. The highest BCUT2D eigenvalue weighted by atomic mass is 35.5. The van der Waals surface area contributed by atoms with Gasteiger partial charge in [-0.1, -0.05) is 11.6 Å². The lowest BCUT2D eigenvalue weighted by Crippen LogP contribution is -2.30. The Balaban J connectivity index is 1.67. The molecule has 0 amide bonds. The normalized spacial score (nSPS) is 13.9. The molecule has 0 unspecified atom stereocenters. The molecular weight excluding hydrogens is 328 g/mol. The van der Waals surface area contributed by atoms with E-state index in [-0.39, 0.29) is 0 Å². The van der Waals surface area contributed by atoms with Crippen molar-refractivity contribution in [2.75, 3.05) is 25.7 Å². The molecule has 0 radical (unpaired) electrons. The number of benzene rings is 2. The average molecular weight is 345 g/mol. The summed E-state index contributed by atoms with van der Waals surface area (Å²) in [6.07, 6.45) is 0.898. The highest BCUT2D eigenvalue weighted by molar-refractivity contribution is 6.31. The fourth-order valence-corrected chi connectivity index (χ4v) is 3.24. The van der Waals surface area contributed by atoms with Crippen LogP contribution in [0.3, 0.4) is 0 Å². The molecule has 0 N–H and O–H groups in total. The second-order valence-electron chi connectivity index (χ2n) is 5.76. The van der Waals surface area contributed by atoms with Gasteiger partial charge in [-0.3, -0.25) is 0 Å². The third-order valence-electron chi connectivity index (χ3n) is 4.33. The number of anilines is 1. The minimum Gasteiger partial charge on any atom is -0.493 e. The van der Waals surface area contributed by atoms with Crippen LogP contribution in [0.1, 0.15) is 11.1 Å². The van der Waals surface area contributed by atoms with E-state index in [1.54, 1.807) is 14.2 Å². The van der Waals surface area contributed by atoms with Gasteiger partial charge in [0.2, 0.25) is 0 Å². The molecule has 5 nitrogen and oxygen atoms in total. The maximum Gasteiger partial charge on any atom is 0.298 e. The summed E-state index contributed by atoms with van der Waals surface area (Å²) in [6.45, 7) is 1.55. The van der Waals surface area contributed by atoms with Crippen LogP contribution in [0.2, 0.25) is 5.02 Å². The highest BCUT2D eigenvalue weighted by Crippen LogP contribution is 2.35. The highest BCUT2D eigenvalue weighted by Gasteiger charge is 2.22. The van der Waals surface area contributed by atoms with E-state index in [4.69, 9.17) is 25.5 Å². The molecule has 24 heavy (non-hydrogen) atoms. The maximum atomic E-state index is 6.02. The topological polar surface area (TPSA) is 47.7 Å². The molecule has 1 aromatic heterocycles. The summed E-state index contributed by atoms with van der Waals surface area (Å²) in [4.78, 5) is 6.69. The smallest absolute Gasteiger partial charge is 0.298 e. The second kappa shape index (κ2) is 5.91. The number of halogens is 1. The first-order valence-corrected chi connectivity index (χ1v) is 8.10. The maximum absolute atomic E-state index is 6.02. The molecule has 0 bridgehead atoms. The predicted molar refractivity (Wildman–Crippen MR) is 93.3 cm³/mol. The van der Waals surface area contributed by atoms with E-state index in [0.717, 1.165) is 42.1 Å². The summed E-state index contributed by atoms with van der Waals surface area (Å²) < 4.78 is 16.7. The number of oxazole rings is 1. The molecule has 6 heteroatoms. The minimum atomic E-state index is 0.618. The Hall–Kier alpha value is -2.40. The van der Waals surface area contributed by atoms with Crippen molar-refractivity contribution in [1.82, 2.24) is 4.98 Å². The van der Waals surface area contributed by atoms with Crippen molar-refractivity contribution in [3.05, 3.63) is 46.5 Å². The van der Waals surface area contributed by atoms with Gasteiger partial charge in [0.25, 0.3) is 6.01 Å². The second-order valence-corrected chi connectivity index (χ2v) is 6.19. The van der Waals surface area contributed by atoms with E-state index < -0.39 is 0 Å². The van der Waals surface area contributed by atoms with Gasteiger partial charge < -0.3 is 18.8 Å². The lowest BCUT2D eigenvalue weighted by atomic mass is 9.99. The zero-order chi connectivity index (χ0) is 16.7. The molecule has 0 spiro atoms. The zero-order valence-corrected chi connectivity index (χ0v) is 14.3. The van der Waals surface area contributed by atoms with Crippen molar-refractivity contribution in [3.8, 4) is 11.5 Å². The van der Waals surface area contributed by atoms with Crippen LogP contribution < -0.4 is 14.4 Å². The van der Waals surface area contributed by atoms with Gasteiger partial charge in [-0.2, -0.15) is 4.98 Å². The summed E-state index contributed by atoms with van der Waals surface area (Å²) in [5, 5.41) is 0.656. The fraction of sp³-hybridized carbons (Fsp3) is 0.278. The lowest BCUT2D eigenvalue weighted by Gasteiger charge is -2.28. The molecule has 1 aliphatic heterocycles. The Labute approximate surface area is 144 Å². The number of aromatic nitrogens is 1. The summed E-state index contributed by atoms with van der Waals surface area (Å²) in [7, 11) is 3.30. The number of hydrogen-bond donors (Lipinski definition) is 0. The average Bonchev–Trinajstić information content (AvgIpc) is 3.03. The summed E-state index contributed by atoms with van der Waals surface area (Å²) in [5.74, 6) is 1.50. The molecule has 0 saturated heterocycles. The first kappa shape index (κ1) is 15.1. The van der Waals surface area contributed by atoms with Crippen molar-refractivity contribution < 1.29 is 13.9 Å². The Morgan fingerprint density at radius 2 is 1.83 bits per heavy atom. The van der Waals surface area contributed by atoms with Gasteiger partial charge in [-0.15, -0.1) is 0 Å². The van der Waals surface area contributed by atoms with E-state index in [1.807, 2.05) is 24.3 Å². The van der Waals surface area contributed by atoms with Crippen LogP contribution in [0.25, 0.3) is 11.1 Å². The van der Waals surface area contributed by atoms with Crippen molar-refractivity contribution >= 4 is 28.7 Å². The Morgan fingerprint density at radius 1 is 1.08 bits per heavy atom. The first-order valence-electron chi connectivity index (χ1n) is 7.73. The molecule has 4 rings (SSSR count). The quantitative estimate of drug-likeness (QED) is 0.717. The Morgan fingerprint density at radius 3 is 2.58 bits per heavy atom. The molecule has 0 atom stereocenters. The van der Waals surface area contributed by atoms with E-state index in [2.05, 4.69) is 16.0 Å². The lowest BCUT2D eigenvalue weighted by molar-refractivity contribution is 0.353. The molecule has 3 aromatic rings. The van der Waals surface area contributed by atoms with E-state index in [1.165, 1.54) is 11.1 Å². The summed E-state index contributed by atoms with van der Waals surface area (Å²) in [5.41, 5.74) is 3.98. The van der Waals surface area contributed by atoms with Crippen LogP contribution in [0.4, 0.5) is 6.01 Å². The fourth-order valence-electron chi connectivity index (χ4n) is 3.07. The summed E-state index contributed by atoms with van der Waals surface area (Å²) >= 11 is 6.02. The minimum absolute atomic E-state index is 0.618. The first-order chi connectivity index (χ1) is 11.7. The molecule has 2 heterocycles. The Bertz CT molecular complexity index is 907. The van der Waals surface area contributed by atoms with Gasteiger partial charge >= 0.3 is 0 Å². The van der Waals surface area contributed by atoms with Gasteiger partial charge in [-0.05, 0) is 47.9 Å². The molecule has 0 saturated carbocycles. The zero-order valence-electron chi connectivity index (χ0n) is 13.5. The molecule has 0 fully saturated rings. The van der Waals surface area contributed by atoms with Crippen molar-refractivity contribution in [1.29, 1.82) is 0 Å². The van der Waals surface area contributed by atoms with Crippen molar-refractivity contribution in [2.24, 2.45) is 0 Å². The van der Waals surface area contributed by atoms with Crippen LogP contribution in [0.15, 0.2) is 34.7 Å². The van der Waals surface area contributed by atoms with Crippen LogP contribution in [0.5, 0.6) is 11.5 Å². The SMILES string of the molecule is COc1cc2c(cc1OC)CN(c1nc3cc(Cl)ccc3o1)CC2. The largest absolute Gasteiger partial charge is 0.493 e. The molecule has 2 aromatic carbocycles. The standard InChI is InChI=1S/C18H17ClN2O3/c1-22-16-7-11-5-6-21(10-12(11)8-17(16)23-2)18-20-14-9-13(19)3-4-15(14)24-18/h3-4,7-9H,5-6,10H2,1-2H3. The van der Waals surface area contributed by atoms with Gasteiger partial charge in [0.15, 0.2) is 17.1 Å². The number of hydrogen-bond acceptors (Lipinski definition) is 5. The monoisotopic (exact) mass is 344 g/mol. The third kappa shape index (κ3) is 2.55. The van der Waals surface area contributed by atoms with Gasteiger partial charge in [0.05, 0.1) is 14.2 Å². The molecule has 1 aliphatic rings. The molecule has 124 valence electrons. The van der Waals surface area contributed by atoms with E-state index in [9.17, 15) is 0 Å². The number of ether oxygens (including phenoxy) is 2.